The fourth-order valence-electron chi connectivity index (χ4n) is 2.52. The molecule has 0 radical (unpaired) electrons. The highest BCUT2D eigenvalue weighted by Crippen LogP contribution is 2.40. The third-order valence-corrected chi connectivity index (χ3v) is 5.59. The zero-order valence-corrected chi connectivity index (χ0v) is 13.9. The first-order valence-corrected chi connectivity index (χ1v) is 8.38. The van der Waals surface area contributed by atoms with Crippen LogP contribution in [0.15, 0.2) is 35.9 Å². The van der Waals surface area contributed by atoms with Crippen molar-refractivity contribution < 1.29 is 18.0 Å². The molecular formula is C15H19N3O4S. The van der Waals surface area contributed by atoms with Crippen LogP contribution in [0.3, 0.4) is 0 Å². The van der Waals surface area contributed by atoms with Crippen LogP contribution in [-0.2, 0) is 19.6 Å². The lowest BCUT2D eigenvalue weighted by molar-refractivity contribution is -0.127. The summed E-state index contributed by atoms with van der Waals surface area (Å²) in [7, 11) is -4.14. The van der Waals surface area contributed by atoms with Crippen molar-refractivity contribution >= 4 is 26.7 Å². The van der Waals surface area contributed by atoms with Gasteiger partial charge >= 0.3 is 0 Å². The zero-order chi connectivity index (χ0) is 17.6. The molecule has 0 bridgehead atoms. The Morgan fingerprint density at radius 2 is 1.70 bits per heavy atom. The van der Waals surface area contributed by atoms with E-state index in [1.54, 1.807) is 51.1 Å². The van der Waals surface area contributed by atoms with Gasteiger partial charge in [-0.15, -0.1) is 0 Å². The van der Waals surface area contributed by atoms with E-state index in [9.17, 15) is 18.0 Å². The molecule has 1 heterocycles. The number of carbonyl (C=O) groups excluding carboxylic acids is 2. The summed E-state index contributed by atoms with van der Waals surface area (Å²) in [6, 6.07) is 6.56. The summed E-state index contributed by atoms with van der Waals surface area (Å²) in [4.78, 5) is 23.9. The first-order valence-electron chi connectivity index (χ1n) is 6.94. The first kappa shape index (κ1) is 17.2. The molecule has 124 valence electrons. The Hall–Kier alpha value is -2.19. The standard InChI is InChI=1S/C15H19N3O4S/c1-15(2,3)18-14(20)10(11(16)13(17)19)12(23(18,21)22)9-7-5-4-6-8-9/h4-8,11H,16H2,1-3H3,(H2,17,19). The molecule has 4 N–H and O–H groups in total. The number of rotatable bonds is 3. The maximum absolute atomic E-state index is 12.9. The monoisotopic (exact) mass is 337 g/mol. The number of hydrogen-bond donors (Lipinski definition) is 2. The van der Waals surface area contributed by atoms with Crippen LogP contribution >= 0.6 is 0 Å². The van der Waals surface area contributed by atoms with E-state index in [1.165, 1.54) is 0 Å². The Bertz CT molecular complexity index is 792. The van der Waals surface area contributed by atoms with Crippen LogP contribution in [0.5, 0.6) is 0 Å². The molecule has 0 aromatic heterocycles. The average Bonchev–Trinajstić information content (AvgIpc) is 2.64. The molecule has 1 unspecified atom stereocenters. The molecule has 1 aromatic rings. The van der Waals surface area contributed by atoms with Gasteiger partial charge in [-0.2, -0.15) is 0 Å². The summed E-state index contributed by atoms with van der Waals surface area (Å²) >= 11 is 0. The van der Waals surface area contributed by atoms with Gasteiger partial charge in [-0.05, 0) is 26.3 Å². The molecule has 2 amide bonds. The smallest absolute Gasteiger partial charge is 0.268 e. The van der Waals surface area contributed by atoms with Gasteiger partial charge in [0.15, 0.2) is 0 Å². The van der Waals surface area contributed by atoms with E-state index in [1.807, 2.05) is 0 Å². The van der Waals surface area contributed by atoms with Crippen molar-refractivity contribution in [2.75, 3.05) is 0 Å². The SMILES string of the molecule is CC(C)(C)N1C(=O)C(C(N)C(N)=O)=C(c2ccccc2)S1(=O)=O. The molecule has 0 saturated carbocycles. The van der Waals surface area contributed by atoms with Crippen LogP contribution in [0.25, 0.3) is 4.91 Å². The summed E-state index contributed by atoms with van der Waals surface area (Å²) in [5, 5.41) is 0. The number of hydrogen-bond acceptors (Lipinski definition) is 5. The molecule has 7 nitrogen and oxygen atoms in total. The van der Waals surface area contributed by atoms with Crippen molar-refractivity contribution in [2.45, 2.75) is 32.4 Å². The van der Waals surface area contributed by atoms with E-state index in [4.69, 9.17) is 11.5 Å². The summed E-state index contributed by atoms with van der Waals surface area (Å²) in [6.45, 7) is 4.76. The lowest BCUT2D eigenvalue weighted by Crippen LogP contribution is -2.48. The van der Waals surface area contributed by atoms with Crippen LogP contribution in [0.2, 0.25) is 0 Å². The van der Waals surface area contributed by atoms with Gasteiger partial charge in [-0.1, -0.05) is 30.3 Å². The molecular weight excluding hydrogens is 318 g/mol. The summed E-state index contributed by atoms with van der Waals surface area (Å²) < 4.78 is 26.6. The normalized spacial score (nSPS) is 19.1. The minimum absolute atomic E-state index is 0.260. The van der Waals surface area contributed by atoms with E-state index in [-0.39, 0.29) is 10.5 Å². The first-order chi connectivity index (χ1) is 10.5. The number of benzene rings is 1. The minimum Gasteiger partial charge on any atom is -0.368 e. The fourth-order valence-corrected chi connectivity index (χ4v) is 4.67. The van der Waals surface area contributed by atoms with Gasteiger partial charge in [0.25, 0.3) is 15.9 Å². The largest absolute Gasteiger partial charge is 0.368 e. The lowest BCUT2D eigenvalue weighted by Gasteiger charge is -2.31. The number of primary amides is 1. The predicted molar refractivity (Wildman–Crippen MR) is 86.1 cm³/mol. The van der Waals surface area contributed by atoms with E-state index in [0.717, 1.165) is 4.31 Å². The third-order valence-electron chi connectivity index (χ3n) is 3.42. The zero-order valence-electron chi connectivity index (χ0n) is 13.1. The Morgan fingerprint density at radius 3 is 2.13 bits per heavy atom. The maximum atomic E-state index is 12.9. The van der Waals surface area contributed by atoms with Crippen LogP contribution < -0.4 is 11.5 Å². The number of carbonyl (C=O) groups is 2. The quantitative estimate of drug-likeness (QED) is 0.814. The van der Waals surface area contributed by atoms with Crippen LogP contribution in [0, 0.1) is 0 Å². The highest BCUT2D eigenvalue weighted by Gasteiger charge is 2.51. The van der Waals surface area contributed by atoms with Crippen LogP contribution in [0.4, 0.5) is 0 Å². The highest BCUT2D eigenvalue weighted by molar-refractivity contribution is 7.99. The topological polar surface area (TPSA) is 124 Å². The van der Waals surface area contributed by atoms with Gasteiger partial charge in [-0.25, -0.2) is 12.7 Å². The number of amides is 2. The lowest BCUT2D eigenvalue weighted by atomic mass is 10.0. The van der Waals surface area contributed by atoms with E-state index in [0.29, 0.717) is 5.56 Å². The van der Waals surface area contributed by atoms with E-state index in [2.05, 4.69) is 0 Å². The second-order valence-corrected chi connectivity index (χ2v) is 7.96. The van der Waals surface area contributed by atoms with Crippen LogP contribution in [0.1, 0.15) is 26.3 Å². The van der Waals surface area contributed by atoms with E-state index >= 15 is 0 Å². The van der Waals surface area contributed by atoms with Crippen molar-refractivity contribution in [1.82, 2.24) is 4.31 Å². The molecule has 1 aliphatic rings. The highest BCUT2D eigenvalue weighted by atomic mass is 32.2. The maximum Gasteiger partial charge on any atom is 0.268 e. The summed E-state index contributed by atoms with van der Waals surface area (Å²) in [6.07, 6.45) is 0. The number of nitrogens with zero attached hydrogens (tertiary/aromatic N) is 1. The molecule has 1 atom stereocenters. The van der Waals surface area contributed by atoms with Crippen molar-refractivity contribution in [3.63, 3.8) is 0 Å². The van der Waals surface area contributed by atoms with Gasteiger partial charge < -0.3 is 11.5 Å². The van der Waals surface area contributed by atoms with Gasteiger partial charge in [0.1, 0.15) is 10.9 Å². The molecule has 8 heteroatoms. The van der Waals surface area contributed by atoms with E-state index < -0.39 is 33.4 Å². The second-order valence-electron chi connectivity index (χ2n) is 6.23. The Morgan fingerprint density at radius 1 is 1.17 bits per heavy atom. The number of nitrogens with two attached hydrogens (primary N) is 2. The van der Waals surface area contributed by atoms with Crippen molar-refractivity contribution in [3.05, 3.63) is 41.5 Å². The molecule has 23 heavy (non-hydrogen) atoms. The third kappa shape index (κ3) is 2.75. The van der Waals surface area contributed by atoms with Crippen molar-refractivity contribution in [2.24, 2.45) is 11.5 Å². The second kappa shape index (κ2) is 5.47. The van der Waals surface area contributed by atoms with Gasteiger partial charge in [0.05, 0.1) is 11.1 Å². The van der Waals surface area contributed by atoms with Gasteiger partial charge in [0.2, 0.25) is 5.91 Å². The molecule has 1 aliphatic heterocycles. The minimum atomic E-state index is -4.14. The van der Waals surface area contributed by atoms with Crippen molar-refractivity contribution in [1.29, 1.82) is 0 Å². The Labute approximate surface area is 135 Å². The predicted octanol–water partition coefficient (Wildman–Crippen LogP) is 0.181. The van der Waals surface area contributed by atoms with Gasteiger partial charge in [-0.3, -0.25) is 9.59 Å². The fraction of sp³-hybridized carbons (Fsp3) is 0.333. The Kier molecular flexibility index (Phi) is 4.08. The molecule has 2 rings (SSSR count). The average molecular weight is 337 g/mol. The number of sulfonamides is 1. The molecule has 0 spiro atoms. The molecule has 0 aliphatic carbocycles. The Balaban J connectivity index is 2.82. The van der Waals surface area contributed by atoms with Crippen molar-refractivity contribution in [3.8, 4) is 0 Å². The molecule has 0 saturated heterocycles. The molecule has 1 aromatic carbocycles. The molecule has 0 fully saturated rings. The summed E-state index contributed by atoms with van der Waals surface area (Å²) in [5.74, 6) is -1.78. The van der Waals surface area contributed by atoms with Gasteiger partial charge in [0, 0.05) is 0 Å². The summed E-state index contributed by atoms with van der Waals surface area (Å²) in [5.41, 5.74) is 9.91. The van der Waals surface area contributed by atoms with Crippen LogP contribution in [-0.4, -0.2) is 36.1 Å².